The van der Waals surface area contributed by atoms with Crippen LogP contribution in [0.4, 0.5) is 10.5 Å². The van der Waals surface area contributed by atoms with Crippen molar-refractivity contribution < 1.29 is 14.4 Å². The van der Waals surface area contributed by atoms with E-state index in [4.69, 9.17) is 0 Å². The Morgan fingerprint density at radius 2 is 2.04 bits per heavy atom. The number of likely N-dealkylation sites (N-methyl/N-ethyl adjacent to an activating group) is 1. The van der Waals surface area contributed by atoms with Gasteiger partial charge in [-0.3, -0.25) is 19.9 Å². The Morgan fingerprint density at radius 1 is 1.30 bits per heavy atom. The van der Waals surface area contributed by atoms with Gasteiger partial charge in [0.25, 0.3) is 5.91 Å². The lowest BCUT2D eigenvalue weighted by atomic mass is 10.1. The van der Waals surface area contributed by atoms with Gasteiger partial charge >= 0.3 is 6.03 Å². The Morgan fingerprint density at radius 3 is 2.70 bits per heavy atom. The normalized spacial score (nSPS) is 18.9. The minimum atomic E-state index is -1.09. The van der Waals surface area contributed by atoms with E-state index in [1.165, 1.54) is 6.21 Å². The Kier molecular flexibility index (Phi) is 5.23. The summed E-state index contributed by atoms with van der Waals surface area (Å²) in [5.74, 6) is -2.31. The van der Waals surface area contributed by atoms with Gasteiger partial charge in [-0.15, -0.1) is 0 Å². The number of carbonyl (C=O) groups excluding carboxylic acids is 3. The first-order valence-corrected chi connectivity index (χ1v) is 7.30. The number of nitrogens with zero attached hydrogens (tertiary/aromatic N) is 3. The molecule has 1 heterocycles. The number of rotatable bonds is 5. The summed E-state index contributed by atoms with van der Waals surface area (Å²) in [7, 11) is 3.82. The second-order valence-electron chi connectivity index (χ2n) is 5.64. The lowest BCUT2D eigenvalue weighted by molar-refractivity contribution is -0.131. The monoisotopic (exact) mass is 316 g/mol. The van der Waals surface area contributed by atoms with Crippen LogP contribution in [0, 0.1) is 12.8 Å². The van der Waals surface area contributed by atoms with Crippen molar-refractivity contribution in [2.75, 3.05) is 32.1 Å². The van der Waals surface area contributed by atoms with Gasteiger partial charge in [-0.2, -0.15) is 0 Å². The summed E-state index contributed by atoms with van der Waals surface area (Å²) in [6, 6.07) is 6.25. The van der Waals surface area contributed by atoms with Crippen LogP contribution >= 0.6 is 0 Å². The van der Waals surface area contributed by atoms with Crippen molar-refractivity contribution in [3.8, 4) is 0 Å². The Balaban J connectivity index is 2.20. The van der Waals surface area contributed by atoms with Crippen LogP contribution in [-0.2, 0) is 9.59 Å². The first-order chi connectivity index (χ1) is 10.9. The fourth-order valence-corrected chi connectivity index (χ4v) is 2.17. The number of nitrogens with one attached hydrogen (secondary N) is 1. The smallest absolute Gasteiger partial charge is 0.308 e. The highest BCUT2D eigenvalue weighted by Crippen LogP contribution is 2.21. The summed E-state index contributed by atoms with van der Waals surface area (Å²) in [5, 5.41) is 2.20. The summed E-state index contributed by atoms with van der Waals surface area (Å²) in [5.41, 5.74) is 1.35. The van der Waals surface area contributed by atoms with Crippen molar-refractivity contribution >= 4 is 29.7 Å². The predicted octanol–water partition coefficient (Wildman–Crippen LogP) is 0.826. The lowest BCUT2D eigenvalue weighted by Crippen LogP contribution is -2.58. The van der Waals surface area contributed by atoms with Crippen molar-refractivity contribution in [1.82, 2.24) is 10.2 Å². The van der Waals surface area contributed by atoms with Gasteiger partial charge in [0.1, 0.15) is 0 Å². The molecule has 1 saturated heterocycles. The molecule has 0 bridgehead atoms. The Bertz CT molecular complexity index is 654. The molecule has 4 amide bonds. The number of amides is 4. The largest absolute Gasteiger partial charge is 0.335 e. The maximum Gasteiger partial charge on any atom is 0.335 e. The molecule has 1 fully saturated rings. The van der Waals surface area contributed by atoms with Crippen LogP contribution in [0.5, 0.6) is 0 Å². The number of carbonyl (C=O) groups is 3. The number of benzene rings is 1. The SMILES string of the molecule is Cc1cccc(N2C(=O)NC(=O)[C@H](C=NCCN(C)C)C2=O)c1. The van der Waals surface area contributed by atoms with E-state index in [0.29, 0.717) is 18.8 Å². The third kappa shape index (κ3) is 4.01. The van der Waals surface area contributed by atoms with E-state index in [-0.39, 0.29) is 0 Å². The van der Waals surface area contributed by atoms with Crippen molar-refractivity contribution in [1.29, 1.82) is 0 Å². The molecule has 1 aliphatic heterocycles. The van der Waals surface area contributed by atoms with E-state index in [0.717, 1.165) is 10.5 Å². The van der Waals surface area contributed by atoms with Crippen molar-refractivity contribution in [3.05, 3.63) is 29.8 Å². The molecule has 0 unspecified atom stereocenters. The van der Waals surface area contributed by atoms with Crippen LogP contribution in [-0.4, -0.2) is 56.1 Å². The van der Waals surface area contributed by atoms with Crippen LogP contribution < -0.4 is 10.2 Å². The van der Waals surface area contributed by atoms with Crippen molar-refractivity contribution in [2.24, 2.45) is 10.9 Å². The number of anilines is 1. The zero-order valence-electron chi connectivity index (χ0n) is 13.4. The van der Waals surface area contributed by atoms with Gasteiger partial charge in [0, 0.05) is 12.8 Å². The Hall–Kier alpha value is -2.54. The van der Waals surface area contributed by atoms with Crippen LogP contribution in [0.2, 0.25) is 0 Å². The quantitative estimate of drug-likeness (QED) is 0.644. The van der Waals surface area contributed by atoms with E-state index < -0.39 is 23.8 Å². The highest BCUT2D eigenvalue weighted by atomic mass is 16.2. The van der Waals surface area contributed by atoms with Crippen LogP contribution in [0.3, 0.4) is 0 Å². The molecule has 1 N–H and O–H groups in total. The van der Waals surface area contributed by atoms with E-state index in [9.17, 15) is 14.4 Å². The van der Waals surface area contributed by atoms with Gasteiger partial charge < -0.3 is 4.90 Å². The molecule has 0 saturated carbocycles. The van der Waals surface area contributed by atoms with Gasteiger partial charge in [0.2, 0.25) is 5.91 Å². The minimum absolute atomic E-state index is 0.437. The molecule has 2 rings (SSSR count). The topological polar surface area (TPSA) is 82.1 Å². The molecule has 0 spiro atoms. The molecule has 0 aliphatic carbocycles. The fraction of sp³-hybridized carbons (Fsp3) is 0.375. The molecule has 7 nitrogen and oxygen atoms in total. The summed E-state index contributed by atoms with van der Waals surface area (Å²) in [6.45, 7) is 3.04. The fourth-order valence-electron chi connectivity index (χ4n) is 2.17. The van der Waals surface area contributed by atoms with E-state index in [1.54, 1.807) is 18.2 Å². The number of hydrogen-bond donors (Lipinski definition) is 1. The van der Waals surface area contributed by atoms with E-state index >= 15 is 0 Å². The molecule has 7 heteroatoms. The first kappa shape index (κ1) is 16.8. The zero-order valence-corrected chi connectivity index (χ0v) is 13.4. The van der Waals surface area contributed by atoms with Crippen molar-refractivity contribution in [2.45, 2.75) is 6.92 Å². The number of barbiturate groups is 1. The van der Waals surface area contributed by atoms with Gasteiger partial charge in [-0.05, 0) is 38.7 Å². The molecular weight excluding hydrogens is 296 g/mol. The van der Waals surface area contributed by atoms with Crippen LogP contribution in [0.25, 0.3) is 0 Å². The van der Waals surface area contributed by atoms with E-state index in [2.05, 4.69) is 10.3 Å². The number of urea groups is 1. The summed E-state index contributed by atoms with van der Waals surface area (Å²) in [4.78, 5) is 43.5. The number of aryl methyl sites for hydroxylation is 1. The summed E-state index contributed by atoms with van der Waals surface area (Å²) >= 11 is 0. The van der Waals surface area contributed by atoms with Gasteiger partial charge in [0.05, 0.1) is 12.2 Å². The second kappa shape index (κ2) is 7.15. The van der Waals surface area contributed by atoms with Gasteiger partial charge in [-0.25, -0.2) is 9.69 Å². The molecule has 23 heavy (non-hydrogen) atoms. The third-order valence-electron chi connectivity index (χ3n) is 3.39. The lowest BCUT2D eigenvalue weighted by Gasteiger charge is -2.28. The van der Waals surface area contributed by atoms with Gasteiger partial charge in [-0.1, -0.05) is 12.1 Å². The first-order valence-electron chi connectivity index (χ1n) is 7.30. The predicted molar refractivity (Wildman–Crippen MR) is 87.6 cm³/mol. The average molecular weight is 316 g/mol. The number of imide groups is 2. The number of aliphatic imine (C=N–C) groups is 1. The molecule has 0 aromatic heterocycles. The molecule has 1 aliphatic rings. The number of hydrogen-bond acceptors (Lipinski definition) is 5. The summed E-state index contributed by atoms with van der Waals surface area (Å²) in [6.07, 6.45) is 1.32. The zero-order chi connectivity index (χ0) is 17.0. The van der Waals surface area contributed by atoms with E-state index in [1.807, 2.05) is 32.0 Å². The standard InChI is InChI=1S/C16H20N4O3/c1-11-5-4-6-12(9-11)20-15(22)13(14(21)18-16(20)23)10-17-7-8-19(2)3/h4-6,9-10,13H,7-8H2,1-3H3,(H,18,21,23)/t13-/m0/s1. The average Bonchev–Trinajstić information content (AvgIpc) is 2.45. The minimum Gasteiger partial charge on any atom is -0.308 e. The Labute approximate surface area is 135 Å². The molecular formula is C16H20N4O3. The second-order valence-corrected chi connectivity index (χ2v) is 5.64. The third-order valence-corrected chi connectivity index (χ3v) is 3.39. The summed E-state index contributed by atoms with van der Waals surface area (Å²) < 4.78 is 0. The highest BCUT2D eigenvalue weighted by Gasteiger charge is 2.40. The molecule has 0 radical (unpaired) electrons. The molecule has 1 atom stereocenters. The maximum atomic E-state index is 12.5. The van der Waals surface area contributed by atoms with Gasteiger partial charge in [0.15, 0.2) is 5.92 Å². The highest BCUT2D eigenvalue weighted by molar-refractivity contribution is 6.32. The van der Waals surface area contributed by atoms with Crippen molar-refractivity contribution in [3.63, 3.8) is 0 Å². The maximum absolute atomic E-state index is 12.5. The molecule has 1 aromatic rings. The molecule has 122 valence electrons. The van der Waals surface area contributed by atoms with Crippen LogP contribution in [0.15, 0.2) is 29.3 Å². The molecule has 1 aromatic carbocycles. The van der Waals surface area contributed by atoms with Crippen LogP contribution in [0.1, 0.15) is 5.56 Å².